The van der Waals surface area contributed by atoms with Crippen molar-refractivity contribution in [2.45, 2.75) is 6.92 Å². The summed E-state index contributed by atoms with van der Waals surface area (Å²) in [6.07, 6.45) is 11.9. The van der Waals surface area contributed by atoms with Crippen LogP contribution in [0, 0.1) is 5.92 Å². The van der Waals surface area contributed by atoms with Gasteiger partial charge in [-0.25, -0.2) is 0 Å². The summed E-state index contributed by atoms with van der Waals surface area (Å²) in [5.41, 5.74) is 3.51. The molecule has 1 aliphatic heterocycles. The first-order valence-corrected chi connectivity index (χ1v) is 10.2. The maximum absolute atomic E-state index is 13.8. The Bertz CT molecular complexity index is 1120. The molecule has 0 spiro atoms. The normalized spacial score (nSPS) is 18.1. The van der Waals surface area contributed by atoms with Crippen LogP contribution < -0.4 is 15.0 Å². The lowest BCUT2D eigenvalue weighted by Gasteiger charge is -2.30. The van der Waals surface area contributed by atoms with Crippen LogP contribution >= 0.6 is 0 Å². The molecule has 5 nitrogen and oxygen atoms in total. The van der Waals surface area contributed by atoms with Crippen LogP contribution in [0.15, 0.2) is 90.1 Å². The van der Waals surface area contributed by atoms with E-state index in [-0.39, 0.29) is 24.3 Å². The molecule has 1 heterocycles. The van der Waals surface area contributed by atoms with Crippen molar-refractivity contribution in [2.24, 2.45) is 5.92 Å². The Kier molecular flexibility index (Phi) is 5.85. The van der Waals surface area contributed by atoms with Gasteiger partial charge in [0.25, 0.3) is 5.91 Å². The molecular weight excluding hydrogens is 388 g/mol. The lowest BCUT2D eigenvalue weighted by molar-refractivity contribution is -0.119. The van der Waals surface area contributed by atoms with E-state index in [9.17, 15) is 9.59 Å². The molecule has 31 heavy (non-hydrogen) atoms. The predicted molar refractivity (Wildman–Crippen MR) is 124 cm³/mol. The van der Waals surface area contributed by atoms with Crippen LogP contribution in [0.5, 0.6) is 5.75 Å². The molecule has 0 bridgehead atoms. The van der Waals surface area contributed by atoms with Crippen molar-refractivity contribution in [3.05, 3.63) is 95.6 Å². The molecule has 1 aliphatic carbocycles. The Hall–Kier alpha value is -3.86. The van der Waals surface area contributed by atoms with Gasteiger partial charge in [0.15, 0.2) is 0 Å². The number of benzene rings is 2. The monoisotopic (exact) mass is 412 g/mol. The van der Waals surface area contributed by atoms with E-state index in [1.54, 1.807) is 13.2 Å². The van der Waals surface area contributed by atoms with E-state index >= 15 is 0 Å². The van der Waals surface area contributed by atoms with E-state index in [1.165, 1.54) is 4.90 Å². The zero-order chi connectivity index (χ0) is 21.8. The van der Waals surface area contributed by atoms with E-state index in [0.717, 1.165) is 16.9 Å². The third-order valence-corrected chi connectivity index (χ3v) is 5.25. The lowest BCUT2D eigenvalue weighted by Crippen LogP contribution is -2.43. The summed E-state index contributed by atoms with van der Waals surface area (Å²) in [6.45, 7) is 2.06. The van der Waals surface area contributed by atoms with E-state index < -0.39 is 0 Å². The molecule has 5 heteroatoms. The number of rotatable bonds is 4. The zero-order valence-electron chi connectivity index (χ0n) is 17.5. The maximum atomic E-state index is 13.8. The maximum Gasteiger partial charge on any atom is 0.259 e. The SMILES string of the molecule is COc1ccc(/C=C(/C(=O)N2CC(=O)Nc3ccccc32)C2=CC=CC(C)C=C2)cc1. The summed E-state index contributed by atoms with van der Waals surface area (Å²) < 4.78 is 5.24. The highest BCUT2D eigenvalue weighted by atomic mass is 16.5. The van der Waals surface area contributed by atoms with Gasteiger partial charge in [-0.15, -0.1) is 0 Å². The second-order valence-corrected chi connectivity index (χ2v) is 7.51. The quantitative estimate of drug-likeness (QED) is 0.737. The van der Waals surface area contributed by atoms with Gasteiger partial charge in [-0.05, 0) is 47.4 Å². The number of nitrogens with zero attached hydrogens (tertiary/aromatic N) is 1. The Morgan fingerprint density at radius 2 is 1.90 bits per heavy atom. The third kappa shape index (κ3) is 4.51. The highest BCUT2D eigenvalue weighted by molar-refractivity contribution is 6.18. The number of carbonyl (C=O) groups is 2. The fraction of sp³-hybridized carbons (Fsp3) is 0.154. The largest absolute Gasteiger partial charge is 0.497 e. The summed E-state index contributed by atoms with van der Waals surface area (Å²) in [6, 6.07) is 14.9. The van der Waals surface area contributed by atoms with Gasteiger partial charge in [0.1, 0.15) is 12.3 Å². The number of allylic oxidation sites excluding steroid dienone is 5. The molecule has 0 fully saturated rings. The highest BCUT2D eigenvalue weighted by Gasteiger charge is 2.29. The number of ether oxygens (including phenoxy) is 1. The molecule has 2 aromatic carbocycles. The van der Waals surface area contributed by atoms with Gasteiger partial charge in [-0.3, -0.25) is 14.5 Å². The minimum absolute atomic E-state index is 0.0287. The van der Waals surface area contributed by atoms with Crippen LogP contribution in [-0.4, -0.2) is 25.5 Å². The average Bonchev–Trinajstić information content (AvgIpc) is 3.01. The Labute approximate surface area is 182 Å². The van der Waals surface area contributed by atoms with Crippen molar-refractivity contribution in [1.82, 2.24) is 0 Å². The Balaban J connectivity index is 1.79. The van der Waals surface area contributed by atoms with Crippen LogP contribution in [-0.2, 0) is 9.59 Å². The number of anilines is 2. The second kappa shape index (κ2) is 8.88. The summed E-state index contributed by atoms with van der Waals surface area (Å²) >= 11 is 0. The molecule has 1 unspecified atom stereocenters. The summed E-state index contributed by atoms with van der Waals surface area (Å²) in [7, 11) is 1.62. The number of methoxy groups -OCH3 is 1. The molecule has 0 saturated heterocycles. The van der Waals surface area contributed by atoms with Gasteiger partial charge in [0.2, 0.25) is 5.91 Å². The van der Waals surface area contributed by atoms with Gasteiger partial charge in [-0.2, -0.15) is 0 Å². The van der Waals surface area contributed by atoms with Crippen LogP contribution in [0.3, 0.4) is 0 Å². The van der Waals surface area contributed by atoms with Crippen LogP contribution in [0.4, 0.5) is 11.4 Å². The minimum Gasteiger partial charge on any atom is -0.497 e. The highest BCUT2D eigenvalue weighted by Crippen LogP contribution is 2.32. The van der Waals surface area contributed by atoms with E-state index in [2.05, 4.69) is 24.4 Å². The molecule has 1 N–H and O–H groups in total. The van der Waals surface area contributed by atoms with Gasteiger partial charge >= 0.3 is 0 Å². The topological polar surface area (TPSA) is 58.6 Å². The van der Waals surface area contributed by atoms with Gasteiger partial charge < -0.3 is 10.1 Å². The fourth-order valence-corrected chi connectivity index (χ4v) is 3.58. The molecule has 2 aromatic rings. The Morgan fingerprint density at radius 3 is 2.68 bits per heavy atom. The van der Waals surface area contributed by atoms with Crippen molar-refractivity contribution in [3.8, 4) is 5.75 Å². The summed E-state index contributed by atoms with van der Waals surface area (Å²) in [4.78, 5) is 27.6. The first-order valence-electron chi connectivity index (χ1n) is 10.2. The summed E-state index contributed by atoms with van der Waals surface area (Å²) in [5, 5.41) is 2.84. The van der Waals surface area contributed by atoms with E-state index in [4.69, 9.17) is 4.74 Å². The second-order valence-electron chi connectivity index (χ2n) is 7.51. The predicted octanol–water partition coefficient (Wildman–Crippen LogP) is 4.75. The lowest BCUT2D eigenvalue weighted by atomic mass is 9.99. The number of para-hydroxylation sites is 2. The zero-order valence-corrected chi connectivity index (χ0v) is 17.5. The number of hydrogen-bond donors (Lipinski definition) is 1. The molecule has 2 amide bonds. The molecule has 0 saturated carbocycles. The number of nitrogens with one attached hydrogen (secondary N) is 1. The molecule has 2 aliphatic rings. The first kappa shape index (κ1) is 20.4. The first-order chi connectivity index (χ1) is 15.0. The molecule has 4 rings (SSSR count). The van der Waals surface area contributed by atoms with Crippen LogP contribution in [0.2, 0.25) is 0 Å². The molecule has 156 valence electrons. The van der Waals surface area contributed by atoms with Crippen LogP contribution in [0.25, 0.3) is 6.08 Å². The standard InChI is InChI=1S/C26H24N2O3/c1-18-6-5-7-20(13-10-18)22(16-19-11-14-21(31-2)15-12-19)26(30)28-17-25(29)27-23-8-3-4-9-24(23)28/h3-16,18H,17H2,1-2H3,(H,27,29)/b22-16+. The van der Waals surface area contributed by atoms with Gasteiger partial charge in [0.05, 0.1) is 18.5 Å². The molecule has 0 radical (unpaired) electrons. The van der Waals surface area contributed by atoms with E-state index in [1.807, 2.05) is 66.8 Å². The molecule has 0 aromatic heterocycles. The fourth-order valence-electron chi connectivity index (χ4n) is 3.58. The van der Waals surface area contributed by atoms with Gasteiger partial charge in [0, 0.05) is 5.57 Å². The summed E-state index contributed by atoms with van der Waals surface area (Å²) in [5.74, 6) is 0.580. The number of fused-ring (bicyclic) bond motifs is 1. The number of amides is 2. The van der Waals surface area contributed by atoms with Crippen molar-refractivity contribution < 1.29 is 14.3 Å². The third-order valence-electron chi connectivity index (χ3n) is 5.25. The van der Waals surface area contributed by atoms with Crippen molar-refractivity contribution in [1.29, 1.82) is 0 Å². The average molecular weight is 412 g/mol. The number of hydrogen-bond acceptors (Lipinski definition) is 3. The van der Waals surface area contributed by atoms with Gasteiger partial charge in [-0.1, -0.05) is 61.6 Å². The Morgan fingerprint density at radius 1 is 1.13 bits per heavy atom. The molecule has 1 atom stereocenters. The smallest absolute Gasteiger partial charge is 0.259 e. The number of carbonyl (C=O) groups excluding carboxylic acids is 2. The molecular formula is C26H24N2O3. The van der Waals surface area contributed by atoms with Crippen molar-refractivity contribution in [2.75, 3.05) is 23.9 Å². The van der Waals surface area contributed by atoms with Crippen molar-refractivity contribution >= 4 is 29.3 Å². The minimum atomic E-state index is -0.225. The van der Waals surface area contributed by atoms with E-state index in [0.29, 0.717) is 16.9 Å². The van der Waals surface area contributed by atoms with Crippen LogP contribution in [0.1, 0.15) is 12.5 Å². The van der Waals surface area contributed by atoms with Crippen molar-refractivity contribution in [3.63, 3.8) is 0 Å².